The molecule has 0 bridgehead atoms. The highest BCUT2D eigenvalue weighted by molar-refractivity contribution is 5.88. The molecule has 0 amide bonds. The topological polar surface area (TPSA) is 50.1 Å². The molecule has 1 fully saturated rings. The van der Waals surface area contributed by atoms with Crippen molar-refractivity contribution in [3.05, 3.63) is 0 Å². The van der Waals surface area contributed by atoms with Gasteiger partial charge in [0.15, 0.2) is 5.78 Å². The summed E-state index contributed by atoms with van der Waals surface area (Å²) >= 11 is 0. The SMILES string of the molecule is N#CC1(CCCOCC(F)(F)F)CCCCC1=O. The molecule has 1 atom stereocenters. The Kier molecular flexibility index (Phi) is 5.15. The molecule has 0 spiro atoms. The number of hydrogen-bond donors (Lipinski definition) is 0. The van der Waals surface area contributed by atoms with Crippen molar-refractivity contribution in [1.29, 1.82) is 5.26 Å². The second kappa shape index (κ2) is 6.19. The molecular weight excluding hydrogens is 247 g/mol. The van der Waals surface area contributed by atoms with E-state index in [1.165, 1.54) is 0 Å². The van der Waals surface area contributed by atoms with Crippen LogP contribution in [0.3, 0.4) is 0 Å². The number of rotatable bonds is 5. The molecular formula is C12H16F3NO2. The molecule has 0 heterocycles. The van der Waals surface area contributed by atoms with E-state index in [2.05, 4.69) is 4.74 Å². The molecule has 0 radical (unpaired) electrons. The fourth-order valence-electron chi connectivity index (χ4n) is 2.19. The lowest BCUT2D eigenvalue weighted by molar-refractivity contribution is -0.174. The van der Waals surface area contributed by atoms with Crippen LogP contribution < -0.4 is 0 Å². The normalized spacial score (nSPS) is 24.9. The van der Waals surface area contributed by atoms with Crippen molar-refractivity contribution in [3.8, 4) is 6.07 Å². The predicted octanol–water partition coefficient (Wildman–Crippen LogP) is 3.00. The van der Waals surface area contributed by atoms with Crippen molar-refractivity contribution in [2.24, 2.45) is 5.41 Å². The Bertz CT molecular complexity index is 335. The highest BCUT2D eigenvalue weighted by Gasteiger charge is 2.39. The quantitative estimate of drug-likeness (QED) is 0.716. The molecule has 1 unspecified atom stereocenters. The monoisotopic (exact) mass is 263 g/mol. The average Bonchev–Trinajstić information content (AvgIpc) is 2.30. The van der Waals surface area contributed by atoms with Gasteiger partial charge in [-0.05, 0) is 25.7 Å². The summed E-state index contributed by atoms with van der Waals surface area (Å²) in [5, 5.41) is 9.11. The van der Waals surface area contributed by atoms with Crippen molar-refractivity contribution in [3.63, 3.8) is 0 Å². The maximum atomic E-state index is 11.8. The summed E-state index contributed by atoms with van der Waals surface area (Å²) in [5.74, 6) is -0.0768. The summed E-state index contributed by atoms with van der Waals surface area (Å²) < 4.78 is 39.9. The third kappa shape index (κ3) is 4.30. The number of halogens is 3. The number of carbonyl (C=O) groups excluding carboxylic acids is 1. The van der Waals surface area contributed by atoms with Crippen molar-refractivity contribution in [2.75, 3.05) is 13.2 Å². The second-order valence-electron chi connectivity index (χ2n) is 4.60. The second-order valence-corrected chi connectivity index (χ2v) is 4.60. The van der Waals surface area contributed by atoms with Gasteiger partial charge in [-0.3, -0.25) is 4.79 Å². The molecule has 0 aliphatic heterocycles. The fourth-order valence-corrected chi connectivity index (χ4v) is 2.19. The number of nitriles is 1. The van der Waals surface area contributed by atoms with E-state index in [1.54, 1.807) is 0 Å². The molecule has 1 saturated carbocycles. The lowest BCUT2D eigenvalue weighted by Gasteiger charge is -2.28. The molecule has 0 aromatic heterocycles. The highest BCUT2D eigenvalue weighted by Crippen LogP contribution is 2.36. The van der Waals surface area contributed by atoms with Gasteiger partial charge in [0.25, 0.3) is 0 Å². The minimum Gasteiger partial charge on any atom is -0.372 e. The summed E-state index contributed by atoms with van der Waals surface area (Å²) in [6.45, 7) is -1.35. The lowest BCUT2D eigenvalue weighted by atomic mass is 9.71. The minimum atomic E-state index is -4.33. The molecule has 1 rings (SSSR count). The Morgan fingerprint density at radius 1 is 1.39 bits per heavy atom. The fraction of sp³-hybridized carbons (Fsp3) is 0.833. The summed E-state index contributed by atoms with van der Waals surface area (Å²) in [5.41, 5.74) is -0.986. The van der Waals surface area contributed by atoms with Crippen molar-refractivity contribution < 1.29 is 22.7 Å². The van der Waals surface area contributed by atoms with Crippen LogP contribution >= 0.6 is 0 Å². The van der Waals surface area contributed by atoms with Gasteiger partial charge in [-0.15, -0.1) is 0 Å². The van der Waals surface area contributed by atoms with Crippen LogP contribution in [0.2, 0.25) is 0 Å². The van der Waals surface area contributed by atoms with Crippen LogP contribution in [-0.4, -0.2) is 25.2 Å². The van der Waals surface area contributed by atoms with E-state index in [4.69, 9.17) is 5.26 Å². The Morgan fingerprint density at radius 3 is 2.67 bits per heavy atom. The molecule has 102 valence electrons. The number of hydrogen-bond acceptors (Lipinski definition) is 3. The first-order valence-electron chi connectivity index (χ1n) is 5.99. The number of nitrogens with zero attached hydrogens (tertiary/aromatic N) is 1. The standard InChI is InChI=1S/C12H16F3NO2/c13-12(14,15)9-18-7-3-6-11(8-16)5-2-1-4-10(11)17/h1-7,9H2. The number of alkyl halides is 3. The zero-order valence-corrected chi connectivity index (χ0v) is 10.1. The first kappa shape index (κ1) is 15.0. The molecule has 18 heavy (non-hydrogen) atoms. The Hall–Kier alpha value is -1.09. The van der Waals surface area contributed by atoms with E-state index < -0.39 is 18.2 Å². The van der Waals surface area contributed by atoms with E-state index in [1.807, 2.05) is 6.07 Å². The Morgan fingerprint density at radius 2 is 2.11 bits per heavy atom. The molecule has 6 heteroatoms. The molecule has 1 aliphatic carbocycles. The third-order valence-electron chi connectivity index (χ3n) is 3.16. The van der Waals surface area contributed by atoms with Crippen molar-refractivity contribution in [1.82, 2.24) is 0 Å². The highest BCUT2D eigenvalue weighted by atomic mass is 19.4. The molecule has 0 saturated heterocycles. The van der Waals surface area contributed by atoms with Gasteiger partial charge in [-0.1, -0.05) is 6.42 Å². The van der Waals surface area contributed by atoms with Gasteiger partial charge in [0.2, 0.25) is 0 Å². The van der Waals surface area contributed by atoms with Gasteiger partial charge < -0.3 is 4.74 Å². The number of ether oxygens (including phenoxy) is 1. The third-order valence-corrected chi connectivity index (χ3v) is 3.16. The first-order valence-corrected chi connectivity index (χ1v) is 5.99. The van der Waals surface area contributed by atoms with Gasteiger partial charge >= 0.3 is 6.18 Å². The molecule has 1 aliphatic rings. The van der Waals surface area contributed by atoms with Crippen LogP contribution in [0.1, 0.15) is 38.5 Å². The van der Waals surface area contributed by atoms with Crippen LogP contribution in [0.5, 0.6) is 0 Å². The van der Waals surface area contributed by atoms with E-state index in [0.29, 0.717) is 25.7 Å². The van der Waals surface area contributed by atoms with E-state index in [9.17, 15) is 18.0 Å². The number of ketones is 1. The van der Waals surface area contributed by atoms with E-state index in [0.717, 1.165) is 12.8 Å². The molecule has 0 aromatic rings. The van der Waals surface area contributed by atoms with Gasteiger partial charge in [0, 0.05) is 13.0 Å². The number of carbonyl (C=O) groups is 1. The van der Waals surface area contributed by atoms with Crippen LogP contribution in [0.4, 0.5) is 13.2 Å². The number of Topliss-reactive ketones (excluding diaryl/α,β-unsaturated/α-hetero) is 1. The summed E-state index contributed by atoms with van der Waals surface area (Å²) in [6.07, 6.45) is -1.20. The summed E-state index contributed by atoms with van der Waals surface area (Å²) in [4.78, 5) is 11.7. The lowest BCUT2D eigenvalue weighted by Crippen LogP contribution is -2.33. The average molecular weight is 263 g/mol. The summed E-state index contributed by atoms with van der Waals surface area (Å²) in [6, 6.07) is 2.05. The van der Waals surface area contributed by atoms with Crippen LogP contribution in [0.15, 0.2) is 0 Å². The van der Waals surface area contributed by atoms with E-state index in [-0.39, 0.29) is 12.4 Å². The zero-order chi connectivity index (χ0) is 13.6. The van der Waals surface area contributed by atoms with Gasteiger partial charge in [-0.2, -0.15) is 18.4 Å². The maximum Gasteiger partial charge on any atom is 0.411 e. The minimum absolute atomic E-state index is 0.0732. The Balaban J connectivity index is 2.32. The van der Waals surface area contributed by atoms with Crippen LogP contribution in [0, 0.1) is 16.7 Å². The largest absolute Gasteiger partial charge is 0.411 e. The van der Waals surface area contributed by atoms with Gasteiger partial charge in [0.1, 0.15) is 12.0 Å². The molecule has 0 N–H and O–H groups in total. The van der Waals surface area contributed by atoms with Gasteiger partial charge in [0.05, 0.1) is 6.07 Å². The van der Waals surface area contributed by atoms with E-state index >= 15 is 0 Å². The maximum absolute atomic E-state index is 11.8. The molecule has 0 aromatic carbocycles. The smallest absolute Gasteiger partial charge is 0.372 e. The summed E-state index contributed by atoms with van der Waals surface area (Å²) in [7, 11) is 0. The zero-order valence-electron chi connectivity index (χ0n) is 10.1. The van der Waals surface area contributed by atoms with Crippen LogP contribution in [0.25, 0.3) is 0 Å². The van der Waals surface area contributed by atoms with Crippen molar-refractivity contribution in [2.45, 2.75) is 44.7 Å². The van der Waals surface area contributed by atoms with Gasteiger partial charge in [-0.25, -0.2) is 0 Å². The molecule has 3 nitrogen and oxygen atoms in total. The van der Waals surface area contributed by atoms with Crippen molar-refractivity contribution >= 4 is 5.78 Å². The van der Waals surface area contributed by atoms with Crippen LogP contribution in [-0.2, 0) is 9.53 Å². The Labute approximate surface area is 104 Å². The first-order chi connectivity index (χ1) is 8.40. The predicted molar refractivity (Wildman–Crippen MR) is 57.6 cm³/mol.